The molecule has 11 heteroatoms. The van der Waals surface area contributed by atoms with Crippen molar-refractivity contribution in [3.05, 3.63) is 11.9 Å². The van der Waals surface area contributed by atoms with Gasteiger partial charge in [-0.25, -0.2) is 12.7 Å². The Balaban J connectivity index is 1.48. The number of aromatic nitrogens is 4. The Morgan fingerprint density at radius 1 is 1.31 bits per heavy atom. The SMILES string of the molecule is CCn1nc(C)c2c1cnn2CCC(=O)NC1CCN(S(=O)(=O)CCOC)CC1. The lowest BCUT2D eigenvalue weighted by molar-refractivity contribution is -0.122. The van der Waals surface area contributed by atoms with Gasteiger partial charge < -0.3 is 10.1 Å². The first kappa shape index (κ1) is 21.7. The van der Waals surface area contributed by atoms with Crippen LogP contribution in [0, 0.1) is 6.92 Å². The van der Waals surface area contributed by atoms with Gasteiger partial charge in [-0.3, -0.25) is 14.2 Å². The van der Waals surface area contributed by atoms with Crippen molar-refractivity contribution in [2.75, 3.05) is 32.6 Å². The summed E-state index contributed by atoms with van der Waals surface area (Å²) < 4.78 is 34.5. The van der Waals surface area contributed by atoms with Crippen LogP contribution in [0.15, 0.2) is 6.20 Å². The van der Waals surface area contributed by atoms with Crippen LogP contribution in [-0.2, 0) is 32.6 Å². The first-order valence-corrected chi connectivity index (χ1v) is 11.6. The lowest BCUT2D eigenvalue weighted by Gasteiger charge is -2.31. The molecule has 0 spiro atoms. The van der Waals surface area contributed by atoms with Crippen LogP contribution < -0.4 is 5.32 Å². The van der Waals surface area contributed by atoms with E-state index in [4.69, 9.17) is 4.74 Å². The van der Waals surface area contributed by atoms with Gasteiger partial charge in [0, 0.05) is 39.2 Å². The van der Waals surface area contributed by atoms with E-state index in [9.17, 15) is 13.2 Å². The number of sulfonamides is 1. The number of rotatable bonds is 9. The summed E-state index contributed by atoms with van der Waals surface area (Å²) in [7, 11) is -1.80. The third-order valence-corrected chi connectivity index (χ3v) is 7.15. The number of hydrogen-bond donors (Lipinski definition) is 1. The molecule has 1 fully saturated rings. The Morgan fingerprint density at radius 2 is 2.03 bits per heavy atom. The van der Waals surface area contributed by atoms with Crippen molar-refractivity contribution in [2.24, 2.45) is 0 Å². The summed E-state index contributed by atoms with van der Waals surface area (Å²) in [6.07, 6.45) is 3.34. The standard InChI is InChI=1S/C18H30N6O4S/c1-4-23-16-13-19-24(18(16)14(2)21-23)10-7-17(25)20-15-5-8-22(9-6-15)29(26,27)12-11-28-3/h13,15H,4-12H2,1-3H3,(H,20,25). The van der Waals surface area contributed by atoms with Crippen LogP contribution in [0.2, 0.25) is 0 Å². The maximum atomic E-state index is 12.4. The highest BCUT2D eigenvalue weighted by molar-refractivity contribution is 7.89. The molecule has 29 heavy (non-hydrogen) atoms. The normalized spacial score (nSPS) is 16.5. The van der Waals surface area contributed by atoms with E-state index in [1.54, 1.807) is 6.20 Å². The summed E-state index contributed by atoms with van der Waals surface area (Å²) in [5, 5.41) is 11.9. The van der Waals surface area contributed by atoms with Gasteiger partial charge in [0.05, 0.1) is 30.8 Å². The molecule has 2 aromatic rings. The van der Waals surface area contributed by atoms with Gasteiger partial charge >= 0.3 is 0 Å². The third-order valence-electron chi connectivity index (χ3n) is 5.32. The first-order chi connectivity index (χ1) is 13.9. The van der Waals surface area contributed by atoms with Gasteiger partial charge in [0.25, 0.3) is 0 Å². The Morgan fingerprint density at radius 3 is 2.69 bits per heavy atom. The second-order valence-corrected chi connectivity index (χ2v) is 9.39. The van der Waals surface area contributed by atoms with Crippen LogP contribution in [0.3, 0.4) is 0 Å². The highest BCUT2D eigenvalue weighted by Crippen LogP contribution is 2.18. The maximum absolute atomic E-state index is 12.4. The fraction of sp³-hybridized carbons (Fsp3) is 0.722. The Kier molecular flexibility index (Phi) is 6.91. The molecule has 1 N–H and O–H groups in total. The topological polar surface area (TPSA) is 111 Å². The van der Waals surface area contributed by atoms with E-state index in [1.807, 2.05) is 23.2 Å². The largest absolute Gasteiger partial charge is 0.384 e. The molecular weight excluding hydrogens is 396 g/mol. The Bertz CT molecular complexity index is 943. The third kappa shape index (κ3) is 4.96. The van der Waals surface area contributed by atoms with Gasteiger partial charge in [-0.15, -0.1) is 0 Å². The average molecular weight is 427 g/mol. The van der Waals surface area contributed by atoms with Crippen molar-refractivity contribution in [3.8, 4) is 0 Å². The van der Waals surface area contributed by atoms with Crippen molar-refractivity contribution in [1.82, 2.24) is 29.2 Å². The molecule has 1 aliphatic rings. The molecule has 10 nitrogen and oxygen atoms in total. The van der Waals surface area contributed by atoms with Crippen LogP contribution in [0.4, 0.5) is 0 Å². The lowest BCUT2D eigenvalue weighted by atomic mass is 10.1. The highest BCUT2D eigenvalue weighted by atomic mass is 32.2. The smallest absolute Gasteiger partial charge is 0.222 e. The molecule has 1 saturated heterocycles. The van der Waals surface area contributed by atoms with Crippen molar-refractivity contribution in [2.45, 2.75) is 52.2 Å². The molecule has 0 atom stereocenters. The number of carbonyl (C=O) groups excluding carboxylic acids is 1. The van der Waals surface area contributed by atoms with Gasteiger partial charge in [-0.2, -0.15) is 10.2 Å². The number of fused-ring (bicyclic) bond motifs is 1. The summed E-state index contributed by atoms with van der Waals surface area (Å²) >= 11 is 0. The van der Waals surface area contributed by atoms with Crippen LogP contribution in [-0.4, -0.2) is 76.8 Å². The second kappa shape index (κ2) is 9.23. The van der Waals surface area contributed by atoms with Crippen molar-refractivity contribution < 1.29 is 17.9 Å². The fourth-order valence-electron chi connectivity index (χ4n) is 3.73. The van der Waals surface area contributed by atoms with Crippen LogP contribution in [0.5, 0.6) is 0 Å². The maximum Gasteiger partial charge on any atom is 0.222 e. The van der Waals surface area contributed by atoms with Gasteiger partial charge in [-0.1, -0.05) is 0 Å². The summed E-state index contributed by atoms with van der Waals surface area (Å²) in [6.45, 7) is 6.27. The number of nitrogens with zero attached hydrogens (tertiary/aromatic N) is 5. The predicted molar refractivity (Wildman–Crippen MR) is 109 cm³/mol. The molecule has 3 rings (SSSR count). The zero-order valence-corrected chi connectivity index (χ0v) is 18.1. The number of methoxy groups -OCH3 is 1. The van der Waals surface area contributed by atoms with E-state index in [2.05, 4.69) is 15.5 Å². The van der Waals surface area contributed by atoms with E-state index >= 15 is 0 Å². The molecule has 3 heterocycles. The molecule has 0 saturated carbocycles. The quantitative estimate of drug-likeness (QED) is 0.625. The summed E-state index contributed by atoms with van der Waals surface area (Å²) in [5.74, 6) is -0.0535. The van der Waals surface area contributed by atoms with Gasteiger partial charge in [-0.05, 0) is 26.7 Å². The van der Waals surface area contributed by atoms with Crippen LogP contribution >= 0.6 is 0 Å². The van der Waals surface area contributed by atoms with Gasteiger partial charge in [0.2, 0.25) is 15.9 Å². The van der Waals surface area contributed by atoms with E-state index in [-0.39, 0.29) is 24.3 Å². The zero-order chi connectivity index (χ0) is 21.0. The molecule has 1 amide bonds. The number of amides is 1. The minimum Gasteiger partial charge on any atom is -0.384 e. The van der Waals surface area contributed by atoms with Crippen LogP contribution in [0.25, 0.3) is 11.0 Å². The predicted octanol–water partition coefficient (Wildman–Crippen LogP) is 0.508. The minimum absolute atomic E-state index is 0.00130. The molecule has 162 valence electrons. The number of piperidine rings is 1. The van der Waals surface area contributed by atoms with E-state index in [0.29, 0.717) is 38.9 Å². The van der Waals surface area contributed by atoms with Gasteiger partial charge in [0.1, 0.15) is 11.0 Å². The minimum atomic E-state index is -3.29. The highest BCUT2D eigenvalue weighted by Gasteiger charge is 2.28. The first-order valence-electron chi connectivity index (χ1n) is 10.0. The molecule has 0 radical (unpaired) electrons. The van der Waals surface area contributed by atoms with E-state index in [1.165, 1.54) is 11.4 Å². The molecule has 0 bridgehead atoms. The molecule has 0 aromatic carbocycles. The van der Waals surface area contributed by atoms with Crippen molar-refractivity contribution in [3.63, 3.8) is 0 Å². The summed E-state index contributed by atoms with van der Waals surface area (Å²) in [6, 6.07) is -0.00130. The number of carbonyl (C=O) groups is 1. The van der Waals surface area contributed by atoms with Gasteiger partial charge in [0.15, 0.2) is 0 Å². The van der Waals surface area contributed by atoms with Crippen molar-refractivity contribution >= 4 is 27.0 Å². The van der Waals surface area contributed by atoms with Crippen LogP contribution in [0.1, 0.15) is 31.9 Å². The number of aryl methyl sites for hydroxylation is 3. The summed E-state index contributed by atoms with van der Waals surface area (Å²) in [4.78, 5) is 12.4. The molecule has 0 aliphatic carbocycles. The van der Waals surface area contributed by atoms with E-state index in [0.717, 1.165) is 23.3 Å². The molecule has 2 aromatic heterocycles. The Labute approximate surface area is 171 Å². The second-order valence-electron chi connectivity index (χ2n) is 7.30. The molecular formula is C18H30N6O4S. The Hall–Kier alpha value is -1.98. The lowest BCUT2D eigenvalue weighted by Crippen LogP contribution is -2.47. The summed E-state index contributed by atoms with van der Waals surface area (Å²) in [5.41, 5.74) is 2.85. The molecule has 1 aliphatic heterocycles. The fourth-order valence-corrected chi connectivity index (χ4v) is 5.14. The number of ether oxygens (including phenoxy) is 1. The molecule has 0 unspecified atom stereocenters. The zero-order valence-electron chi connectivity index (χ0n) is 17.3. The number of hydrogen-bond acceptors (Lipinski definition) is 6. The van der Waals surface area contributed by atoms with Crippen molar-refractivity contribution in [1.29, 1.82) is 0 Å². The monoisotopic (exact) mass is 426 g/mol. The number of nitrogens with one attached hydrogen (secondary N) is 1. The van der Waals surface area contributed by atoms with E-state index < -0.39 is 10.0 Å². The average Bonchev–Trinajstić information content (AvgIpc) is 3.26.